The molecular weight excluding hydrogens is 402 g/mol. The maximum atomic E-state index is 13.3. The number of aldehydes is 1. The molecule has 1 aromatic heterocycles. The Labute approximate surface area is 167 Å². The standard InChI is InChI=1S/C17H14F2N2O3S.C3H6O/c1-20-25(22,23)13-9-7-11(8-10-13)14-15(12-5-3-2-4-6-12)21-24-16(14)17(18)19;1-2-3-4/h2-10,17,20H,1H3;3H,2H2,1H3. The van der Waals surface area contributed by atoms with Gasteiger partial charge >= 0.3 is 0 Å². The molecule has 3 aromatic rings. The number of halogens is 2. The third-order valence-electron chi connectivity index (χ3n) is 3.85. The third-order valence-corrected chi connectivity index (χ3v) is 5.28. The molecule has 0 saturated carbocycles. The molecule has 29 heavy (non-hydrogen) atoms. The Kier molecular flexibility index (Phi) is 7.74. The topological polar surface area (TPSA) is 89.3 Å². The maximum absolute atomic E-state index is 13.3. The van der Waals surface area contributed by atoms with Gasteiger partial charge < -0.3 is 9.32 Å². The number of hydrogen-bond acceptors (Lipinski definition) is 5. The number of nitrogens with zero attached hydrogens (tertiary/aromatic N) is 1. The molecule has 0 atom stereocenters. The van der Waals surface area contributed by atoms with Crippen LogP contribution in [0, 0.1) is 0 Å². The highest BCUT2D eigenvalue weighted by Crippen LogP contribution is 2.39. The molecule has 154 valence electrons. The van der Waals surface area contributed by atoms with Crippen molar-refractivity contribution in [1.82, 2.24) is 9.88 Å². The van der Waals surface area contributed by atoms with Crippen LogP contribution in [0.15, 0.2) is 64.0 Å². The zero-order chi connectivity index (χ0) is 21.4. The maximum Gasteiger partial charge on any atom is 0.298 e. The highest BCUT2D eigenvalue weighted by molar-refractivity contribution is 7.89. The van der Waals surface area contributed by atoms with Crippen LogP contribution in [0.3, 0.4) is 0 Å². The number of aromatic nitrogens is 1. The van der Waals surface area contributed by atoms with Crippen LogP contribution in [0.4, 0.5) is 8.78 Å². The lowest BCUT2D eigenvalue weighted by molar-refractivity contribution is -0.107. The lowest BCUT2D eigenvalue weighted by Gasteiger charge is -2.07. The molecule has 0 saturated heterocycles. The quantitative estimate of drug-likeness (QED) is 0.593. The first-order valence-electron chi connectivity index (χ1n) is 8.66. The molecule has 0 aliphatic rings. The molecule has 0 unspecified atom stereocenters. The Bertz CT molecular complexity index is 1030. The molecule has 0 fully saturated rings. The van der Waals surface area contributed by atoms with Crippen LogP contribution in [0.1, 0.15) is 25.5 Å². The molecule has 2 aromatic carbocycles. The van der Waals surface area contributed by atoms with E-state index in [2.05, 4.69) is 9.88 Å². The number of nitrogens with one attached hydrogen (secondary N) is 1. The van der Waals surface area contributed by atoms with Crippen LogP contribution < -0.4 is 4.72 Å². The molecule has 6 nitrogen and oxygen atoms in total. The predicted molar refractivity (Wildman–Crippen MR) is 105 cm³/mol. The van der Waals surface area contributed by atoms with E-state index in [1.165, 1.54) is 31.3 Å². The van der Waals surface area contributed by atoms with Crippen LogP contribution >= 0.6 is 0 Å². The van der Waals surface area contributed by atoms with Gasteiger partial charge in [0.1, 0.15) is 12.0 Å². The van der Waals surface area contributed by atoms with Crippen molar-refractivity contribution in [1.29, 1.82) is 0 Å². The van der Waals surface area contributed by atoms with Crippen LogP contribution in [-0.4, -0.2) is 26.9 Å². The molecule has 3 rings (SSSR count). The summed E-state index contributed by atoms with van der Waals surface area (Å²) in [5.41, 5.74) is 1.44. The van der Waals surface area contributed by atoms with Crippen molar-refractivity contribution in [3.05, 3.63) is 60.4 Å². The minimum absolute atomic E-state index is 0.0371. The van der Waals surface area contributed by atoms with E-state index in [1.54, 1.807) is 30.3 Å². The number of carbonyl (C=O) groups is 1. The van der Waals surface area contributed by atoms with E-state index in [-0.39, 0.29) is 16.2 Å². The molecule has 1 N–H and O–H groups in total. The number of rotatable bonds is 6. The molecule has 0 amide bonds. The normalized spacial score (nSPS) is 11.1. The first-order chi connectivity index (χ1) is 13.9. The number of sulfonamides is 1. The van der Waals surface area contributed by atoms with E-state index in [9.17, 15) is 22.0 Å². The first-order valence-corrected chi connectivity index (χ1v) is 10.1. The zero-order valence-electron chi connectivity index (χ0n) is 15.8. The van der Waals surface area contributed by atoms with Crippen molar-refractivity contribution in [3.63, 3.8) is 0 Å². The molecule has 0 spiro atoms. The second kappa shape index (κ2) is 10.0. The molecule has 9 heteroatoms. The molecule has 0 radical (unpaired) electrons. The SMILES string of the molecule is CCC=O.CNS(=O)(=O)c1ccc(-c2c(-c3ccccc3)noc2C(F)F)cc1. The molecular formula is C20H20F2N2O4S. The van der Waals surface area contributed by atoms with Crippen molar-refractivity contribution < 1.29 is 26.5 Å². The largest absolute Gasteiger partial charge is 0.354 e. The van der Waals surface area contributed by atoms with Gasteiger partial charge in [-0.05, 0) is 24.7 Å². The van der Waals surface area contributed by atoms with E-state index in [0.717, 1.165) is 6.29 Å². The summed E-state index contributed by atoms with van der Waals surface area (Å²) in [7, 11) is -2.31. The third kappa shape index (κ3) is 5.33. The van der Waals surface area contributed by atoms with Crippen molar-refractivity contribution in [3.8, 4) is 22.4 Å². The summed E-state index contributed by atoms with van der Waals surface area (Å²) in [6.45, 7) is 1.81. The lowest BCUT2D eigenvalue weighted by atomic mass is 9.99. The van der Waals surface area contributed by atoms with Gasteiger partial charge in [0.15, 0.2) is 0 Å². The summed E-state index contributed by atoms with van der Waals surface area (Å²) in [4.78, 5) is 9.21. The molecule has 0 aliphatic carbocycles. The summed E-state index contributed by atoms with van der Waals surface area (Å²) < 4.78 is 57.3. The predicted octanol–water partition coefficient (Wildman–Crippen LogP) is 4.45. The van der Waals surface area contributed by atoms with Crippen molar-refractivity contribution in [2.45, 2.75) is 24.7 Å². The second-order valence-electron chi connectivity index (χ2n) is 5.74. The fourth-order valence-corrected chi connectivity index (χ4v) is 3.17. The number of carbonyl (C=O) groups excluding carboxylic acids is 1. The lowest BCUT2D eigenvalue weighted by Crippen LogP contribution is -2.18. The number of alkyl halides is 2. The fraction of sp³-hybridized carbons (Fsp3) is 0.200. The Hall–Kier alpha value is -2.91. The van der Waals surface area contributed by atoms with E-state index in [0.29, 0.717) is 17.5 Å². The van der Waals surface area contributed by atoms with E-state index < -0.39 is 22.2 Å². The van der Waals surface area contributed by atoms with E-state index in [1.807, 2.05) is 6.92 Å². The highest BCUT2D eigenvalue weighted by atomic mass is 32.2. The summed E-state index contributed by atoms with van der Waals surface area (Å²) in [6.07, 6.45) is -1.33. The first kappa shape index (κ1) is 22.4. The van der Waals surface area contributed by atoms with Gasteiger partial charge in [0.25, 0.3) is 6.43 Å². The van der Waals surface area contributed by atoms with Gasteiger partial charge in [0.05, 0.1) is 10.5 Å². The van der Waals surface area contributed by atoms with Gasteiger partial charge in [-0.25, -0.2) is 21.9 Å². The van der Waals surface area contributed by atoms with E-state index in [4.69, 9.17) is 4.52 Å². The van der Waals surface area contributed by atoms with Crippen LogP contribution in [0.25, 0.3) is 22.4 Å². The fourth-order valence-electron chi connectivity index (χ4n) is 2.44. The van der Waals surface area contributed by atoms with Crippen LogP contribution in [-0.2, 0) is 14.8 Å². The summed E-state index contributed by atoms with van der Waals surface area (Å²) >= 11 is 0. The van der Waals surface area contributed by atoms with Gasteiger partial charge in [0.2, 0.25) is 15.8 Å². The van der Waals surface area contributed by atoms with E-state index >= 15 is 0 Å². The Morgan fingerprint density at radius 3 is 2.14 bits per heavy atom. The van der Waals surface area contributed by atoms with Crippen molar-refractivity contribution in [2.24, 2.45) is 0 Å². The van der Waals surface area contributed by atoms with Crippen LogP contribution in [0.2, 0.25) is 0 Å². The Morgan fingerprint density at radius 1 is 1.07 bits per heavy atom. The van der Waals surface area contributed by atoms with Crippen molar-refractivity contribution in [2.75, 3.05) is 7.05 Å². The van der Waals surface area contributed by atoms with Gasteiger partial charge in [-0.1, -0.05) is 54.5 Å². The summed E-state index contributed by atoms with van der Waals surface area (Å²) in [6, 6.07) is 14.4. The minimum atomic E-state index is -3.61. The Morgan fingerprint density at radius 2 is 1.66 bits per heavy atom. The van der Waals surface area contributed by atoms with Gasteiger partial charge in [-0.15, -0.1) is 0 Å². The smallest absolute Gasteiger partial charge is 0.298 e. The van der Waals surface area contributed by atoms with Crippen LogP contribution in [0.5, 0.6) is 0 Å². The van der Waals surface area contributed by atoms with Gasteiger partial charge in [-0.3, -0.25) is 0 Å². The van der Waals surface area contributed by atoms with Gasteiger partial charge in [-0.2, -0.15) is 0 Å². The molecule has 0 bridgehead atoms. The summed E-state index contributed by atoms with van der Waals surface area (Å²) in [5.74, 6) is -0.553. The average molecular weight is 422 g/mol. The summed E-state index contributed by atoms with van der Waals surface area (Å²) in [5, 5.41) is 3.79. The average Bonchev–Trinajstić information content (AvgIpc) is 3.20. The Balaban J connectivity index is 0.000000687. The van der Waals surface area contributed by atoms with Gasteiger partial charge in [0, 0.05) is 12.0 Å². The molecule has 1 heterocycles. The van der Waals surface area contributed by atoms with Crippen molar-refractivity contribution >= 4 is 16.3 Å². The second-order valence-corrected chi connectivity index (χ2v) is 7.63. The number of benzene rings is 2. The monoisotopic (exact) mass is 422 g/mol. The minimum Gasteiger partial charge on any atom is -0.354 e. The molecule has 0 aliphatic heterocycles. The highest BCUT2D eigenvalue weighted by Gasteiger charge is 2.26. The zero-order valence-corrected chi connectivity index (χ0v) is 16.6. The number of hydrogen-bond donors (Lipinski definition) is 1.